The fourth-order valence-corrected chi connectivity index (χ4v) is 2.40. The summed E-state index contributed by atoms with van der Waals surface area (Å²) >= 11 is 1.56. The number of rotatable bonds is 2. The topological polar surface area (TPSA) is 17.8 Å². The molecule has 0 aliphatic carbocycles. The summed E-state index contributed by atoms with van der Waals surface area (Å²) in [7, 11) is 0. The molecular weight excluding hydrogens is 235 g/mol. The molecule has 0 unspecified atom stereocenters. The smallest absolute Gasteiger partial charge is 0.194 e. The minimum absolute atomic E-state index is 0.227. The van der Waals surface area contributed by atoms with Crippen LogP contribution in [0.4, 0.5) is 4.39 Å². The summed E-state index contributed by atoms with van der Waals surface area (Å²) in [6.45, 7) is 0. The van der Waals surface area contributed by atoms with Gasteiger partial charge in [-0.1, -0.05) is 0 Å². The Morgan fingerprint density at radius 2 is 1.76 bits per heavy atom. The van der Waals surface area contributed by atoms with Gasteiger partial charge in [-0.2, -0.15) is 0 Å². The molecule has 0 fully saturated rings. The summed E-state index contributed by atoms with van der Waals surface area (Å²) in [5.74, 6) is -0.227. The molecule has 2 heterocycles. The minimum Gasteiger partial charge on any atom is -0.300 e. The lowest BCUT2D eigenvalue weighted by Crippen LogP contribution is -1.88. The second-order valence-electron chi connectivity index (χ2n) is 3.61. The molecule has 1 aromatic carbocycles. The molecule has 2 nitrogen and oxygen atoms in total. The van der Waals surface area contributed by atoms with E-state index in [0.717, 1.165) is 16.4 Å². The summed E-state index contributed by atoms with van der Waals surface area (Å²) in [5, 5.41) is 2.89. The van der Waals surface area contributed by atoms with Crippen molar-refractivity contribution in [3.05, 3.63) is 60.0 Å². The lowest BCUT2D eigenvalue weighted by Gasteiger charge is -1.96. The van der Waals surface area contributed by atoms with E-state index in [9.17, 15) is 4.39 Å². The van der Waals surface area contributed by atoms with E-state index >= 15 is 0 Å². The average molecular weight is 244 g/mol. The minimum atomic E-state index is -0.227. The zero-order chi connectivity index (χ0) is 11.7. The highest BCUT2D eigenvalue weighted by Gasteiger charge is 2.05. The first kappa shape index (κ1) is 10.2. The molecule has 2 aromatic heterocycles. The second kappa shape index (κ2) is 4.14. The molecule has 0 aliphatic heterocycles. The highest BCUT2D eigenvalue weighted by atomic mass is 32.1. The predicted molar refractivity (Wildman–Crippen MR) is 66.8 cm³/mol. The molecule has 17 heavy (non-hydrogen) atoms. The van der Waals surface area contributed by atoms with Crippen LogP contribution in [-0.4, -0.2) is 9.55 Å². The van der Waals surface area contributed by atoms with Crippen molar-refractivity contribution in [1.82, 2.24) is 9.55 Å². The monoisotopic (exact) mass is 244 g/mol. The van der Waals surface area contributed by atoms with Gasteiger partial charge in [0.1, 0.15) is 5.82 Å². The van der Waals surface area contributed by atoms with Crippen molar-refractivity contribution < 1.29 is 4.39 Å². The molecule has 0 saturated carbocycles. The molecule has 0 saturated heterocycles. The van der Waals surface area contributed by atoms with Crippen molar-refractivity contribution >= 4 is 11.3 Å². The van der Waals surface area contributed by atoms with Gasteiger partial charge in [0.05, 0.1) is 5.69 Å². The Kier molecular flexibility index (Phi) is 2.49. The van der Waals surface area contributed by atoms with Crippen molar-refractivity contribution in [2.24, 2.45) is 0 Å². The van der Waals surface area contributed by atoms with E-state index in [2.05, 4.69) is 4.98 Å². The van der Waals surface area contributed by atoms with Gasteiger partial charge in [0.2, 0.25) is 0 Å². The van der Waals surface area contributed by atoms with Crippen molar-refractivity contribution in [2.75, 3.05) is 0 Å². The number of hydrogen-bond acceptors (Lipinski definition) is 2. The third-order valence-electron chi connectivity index (χ3n) is 2.46. The largest absolute Gasteiger partial charge is 0.300 e. The van der Waals surface area contributed by atoms with E-state index in [0.29, 0.717) is 0 Å². The third kappa shape index (κ3) is 1.99. The van der Waals surface area contributed by atoms with Crippen LogP contribution in [0.2, 0.25) is 0 Å². The van der Waals surface area contributed by atoms with Crippen molar-refractivity contribution in [2.45, 2.75) is 0 Å². The number of thiazole rings is 1. The lowest BCUT2D eigenvalue weighted by atomic mass is 10.2. The normalized spacial score (nSPS) is 10.6. The molecular formula is C13H9FN2S. The molecule has 0 amide bonds. The zero-order valence-corrected chi connectivity index (χ0v) is 9.69. The molecule has 84 valence electrons. The molecule has 4 heteroatoms. The van der Waals surface area contributed by atoms with Gasteiger partial charge in [-0.25, -0.2) is 9.37 Å². The van der Waals surface area contributed by atoms with E-state index in [1.165, 1.54) is 12.1 Å². The Labute approximate surface area is 102 Å². The average Bonchev–Trinajstić information content (AvgIpc) is 3.00. The summed E-state index contributed by atoms with van der Waals surface area (Å²) in [6.07, 6.45) is 3.90. The fraction of sp³-hybridized carbons (Fsp3) is 0. The summed E-state index contributed by atoms with van der Waals surface area (Å²) in [4.78, 5) is 4.51. The summed E-state index contributed by atoms with van der Waals surface area (Å²) in [5.41, 5.74) is 1.81. The highest BCUT2D eigenvalue weighted by Crippen LogP contribution is 2.24. The van der Waals surface area contributed by atoms with Crippen LogP contribution in [0.5, 0.6) is 0 Å². The maximum Gasteiger partial charge on any atom is 0.194 e. The first-order chi connectivity index (χ1) is 8.33. The molecule has 0 atom stereocenters. The van der Waals surface area contributed by atoms with Gasteiger partial charge in [-0.15, -0.1) is 11.3 Å². The van der Waals surface area contributed by atoms with Crippen LogP contribution in [0, 0.1) is 5.82 Å². The number of aromatic nitrogens is 2. The third-order valence-corrected chi connectivity index (χ3v) is 3.31. The summed E-state index contributed by atoms with van der Waals surface area (Å²) < 4.78 is 14.8. The Morgan fingerprint density at radius 3 is 2.47 bits per heavy atom. The number of halogens is 1. The first-order valence-electron chi connectivity index (χ1n) is 5.18. The van der Waals surface area contributed by atoms with Gasteiger partial charge in [0.25, 0.3) is 0 Å². The van der Waals surface area contributed by atoms with Gasteiger partial charge in [0.15, 0.2) is 5.13 Å². The van der Waals surface area contributed by atoms with E-state index in [-0.39, 0.29) is 5.82 Å². The van der Waals surface area contributed by atoms with Crippen LogP contribution < -0.4 is 0 Å². The van der Waals surface area contributed by atoms with Crippen molar-refractivity contribution in [3.8, 4) is 16.4 Å². The van der Waals surface area contributed by atoms with Crippen LogP contribution >= 0.6 is 11.3 Å². The maximum absolute atomic E-state index is 12.8. The predicted octanol–water partition coefficient (Wildman–Crippen LogP) is 3.74. The molecule has 0 radical (unpaired) electrons. The van der Waals surface area contributed by atoms with E-state index in [1.54, 1.807) is 23.5 Å². The standard InChI is InChI=1S/C13H9FN2S/c14-11-5-3-10(4-6-11)12-9-17-13(15-12)16-7-1-2-8-16/h1-9H. The van der Waals surface area contributed by atoms with Gasteiger partial charge in [0, 0.05) is 23.3 Å². The molecule has 0 aliphatic rings. The zero-order valence-electron chi connectivity index (χ0n) is 8.88. The summed E-state index contributed by atoms with van der Waals surface area (Å²) in [6, 6.07) is 10.3. The van der Waals surface area contributed by atoms with Gasteiger partial charge < -0.3 is 4.57 Å². The van der Waals surface area contributed by atoms with E-state index in [1.807, 2.05) is 34.5 Å². The van der Waals surface area contributed by atoms with E-state index in [4.69, 9.17) is 0 Å². The van der Waals surface area contributed by atoms with Crippen LogP contribution in [-0.2, 0) is 0 Å². The molecule has 0 spiro atoms. The fourth-order valence-electron chi connectivity index (χ4n) is 1.60. The molecule has 0 bridgehead atoms. The van der Waals surface area contributed by atoms with Gasteiger partial charge in [-0.3, -0.25) is 0 Å². The number of hydrogen-bond donors (Lipinski definition) is 0. The van der Waals surface area contributed by atoms with Crippen LogP contribution in [0.25, 0.3) is 16.4 Å². The Balaban J connectivity index is 1.98. The lowest BCUT2D eigenvalue weighted by molar-refractivity contribution is 0.628. The Bertz CT molecular complexity index is 611. The maximum atomic E-state index is 12.8. The quantitative estimate of drug-likeness (QED) is 0.671. The first-order valence-corrected chi connectivity index (χ1v) is 6.06. The van der Waals surface area contributed by atoms with E-state index < -0.39 is 0 Å². The van der Waals surface area contributed by atoms with Crippen molar-refractivity contribution in [3.63, 3.8) is 0 Å². The van der Waals surface area contributed by atoms with Crippen LogP contribution in [0.15, 0.2) is 54.2 Å². The SMILES string of the molecule is Fc1ccc(-c2csc(-n3cccc3)n2)cc1. The molecule has 3 aromatic rings. The van der Waals surface area contributed by atoms with Crippen LogP contribution in [0.1, 0.15) is 0 Å². The Morgan fingerprint density at radius 1 is 1.06 bits per heavy atom. The second-order valence-corrected chi connectivity index (χ2v) is 4.45. The van der Waals surface area contributed by atoms with Crippen LogP contribution in [0.3, 0.4) is 0 Å². The van der Waals surface area contributed by atoms with Gasteiger partial charge in [-0.05, 0) is 36.4 Å². The number of benzene rings is 1. The van der Waals surface area contributed by atoms with Crippen molar-refractivity contribution in [1.29, 1.82) is 0 Å². The molecule has 3 rings (SSSR count). The van der Waals surface area contributed by atoms with Gasteiger partial charge >= 0.3 is 0 Å². The number of nitrogens with zero attached hydrogens (tertiary/aromatic N) is 2. The Hall–Kier alpha value is -1.94. The molecule has 0 N–H and O–H groups in total. The highest BCUT2D eigenvalue weighted by molar-refractivity contribution is 7.12.